The number of hydrogen-bond acceptors (Lipinski definition) is 3. The molecule has 5 heteroatoms. The van der Waals surface area contributed by atoms with Crippen LogP contribution < -0.4 is 5.73 Å². The largest absolute Gasteiger partial charge is 0.481 e. The Labute approximate surface area is 94.6 Å². The molecule has 1 aliphatic heterocycles. The van der Waals surface area contributed by atoms with E-state index in [0.29, 0.717) is 6.54 Å². The van der Waals surface area contributed by atoms with Crippen molar-refractivity contribution in [2.24, 2.45) is 17.6 Å². The number of nitrogens with two attached hydrogens (primary N) is 1. The van der Waals surface area contributed by atoms with Gasteiger partial charge in [-0.15, -0.1) is 12.3 Å². The van der Waals surface area contributed by atoms with Crippen molar-refractivity contribution in [3.05, 3.63) is 0 Å². The molecule has 0 aliphatic carbocycles. The van der Waals surface area contributed by atoms with Crippen molar-refractivity contribution in [3.63, 3.8) is 0 Å². The van der Waals surface area contributed by atoms with Crippen LogP contribution in [0.4, 0.5) is 0 Å². The number of amides is 1. The highest BCUT2D eigenvalue weighted by molar-refractivity contribution is 5.83. The highest BCUT2D eigenvalue weighted by Crippen LogP contribution is 2.23. The zero-order valence-corrected chi connectivity index (χ0v) is 9.22. The third-order valence-electron chi connectivity index (χ3n) is 2.90. The minimum atomic E-state index is -0.867. The highest BCUT2D eigenvalue weighted by Gasteiger charge is 2.37. The average molecular weight is 224 g/mol. The molecule has 5 nitrogen and oxygen atoms in total. The van der Waals surface area contributed by atoms with E-state index in [0.717, 1.165) is 0 Å². The van der Waals surface area contributed by atoms with Gasteiger partial charge < -0.3 is 15.7 Å². The molecule has 0 aromatic heterocycles. The van der Waals surface area contributed by atoms with Gasteiger partial charge in [-0.1, -0.05) is 6.92 Å². The van der Waals surface area contributed by atoms with E-state index in [1.807, 2.05) is 6.92 Å². The molecule has 0 saturated carbocycles. The predicted octanol–water partition coefficient (Wildman–Crippen LogP) is -0.484. The lowest BCUT2D eigenvalue weighted by atomic mass is 9.99. The summed E-state index contributed by atoms with van der Waals surface area (Å²) in [6.45, 7) is 2.49. The molecule has 0 aromatic carbocycles. The summed E-state index contributed by atoms with van der Waals surface area (Å²) in [6.07, 6.45) is 5.26. The van der Waals surface area contributed by atoms with Gasteiger partial charge in [0.25, 0.3) is 0 Å². The molecule has 1 aliphatic rings. The quantitative estimate of drug-likeness (QED) is 0.634. The van der Waals surface area contributed by atoms with E-state index in [2.05, 4.69) is 5.92 Å². The molecule has 1 saturated heterocycles. The van der Waals surface area contributed by atoms with Crippen LogP contribution in [0.5, 0.6) is 0 Å². The maximum atomic E-state index is 11.8. The van der Waals surface area contributed by atoms with Crippen LogP contribution in [0.3, 0.4) is 0 Å². The Morgan fingerprint density at radius 1 is 1.62 bits per heavy atom. The summed E-state index contributed by atoms with van der Waals surface area (Å²) in [5.74, 6) is 0.665. The van der Waals surface area contributed by atoms with Crippen LogP contribution in [-0.4, -0.2) is 41.0 Å². The molecule has 16 heavy (non-hydrogen) atoms. The van der Waals surface area contributed by atoms with Crippen molar-refractivity contribution in [3.8, 4) is 12.3 Å². The molecule has 0 radical (unpaired) electrons. The lowest BCUT2D eigenvalue weighted by Gasteiger charge is -2.19. The van der Waals surface area contributed by atoms with Crippen molar-refractivity contribution in [1.29, 1.82) is 0 Å². The number of carbonyl (C=O) groups is 2. The molecule has 0 spiro atoms. The molecule has 1 unspecified atom stereocenters. The summed E-state index contributed by atoms with van der Waals surface area (Å²) in [5.41, 5.74) is 5.59. The van der Waals surface area contributed by atoms with Crippen molar-refractivity contribution < 1.29 is 14.7 Å². The fraction of sp³-hybridized carbons (Fsp3) is 0.636. The summed E-state index contributed by atoms with van der Waals surface area (Å²) >= 11 is 0. The van der Waals surface area contributed by atoms with Gasteiger partial charge in [0.2, 0.25) is 5.91 Å². The summed E-state index contributed by atoms with van der Waals surface area (Å²) in [7, 11) is 0. The zero-order valence-electron chi connectivity index (χ0n) is 9.22. The molecular formula is C11H16N2O3. The number of terminal acetylenes is 1. The van der Waals surface area contributed by atoms with Gasteiger partial charge in [0, 0.05) is 19.5 Å². The Hall–Kier alpha value is -1.54. The van der Waals surface area contributed by atoms with Crippen LogP contribution in [0.15, 0.2) is 0 Å². The minimum absolute atomic E-state index is 0.0421. The van der Waals surface area contributed by atoms with Gasteiger partial charge in [-0.2, -0.15) is 0 Å². The molecule has 0 aromatic rings. The first-order chi connectivity index (χ1) is 7.47. The third kappa shape index (κ3) is 2.52. The van der Waals surface area contributed by atoms with Gasteiger partial charge in [-0.3, -0.25) is 9.59 Å². The van der Waals surface area contributed by atoms with E-state index < -0.39 is 17.9 Å². The number of rotatable bonds is 3. The normalized spacial score (nSPS) is 26.2. The first kappa shape index (κ1) is 12.5. The lowest BCUT2D eigenvalue weighted by Crippen LogP contribution is -2.42. The number of aliphatic carboxylic acids is 1. The van der Waals surface area contributed by atoms with E-state index in [9.17, 15) is 9.59 Å². The topological polar surface area (TPSA) is 83.6 Å². The first-order valence-corrected chi connectivity index (χ1v) is 5.18. The monoisotopic (exact) mass is 224 g/mol. The Bertz CT molecular complexity index is 335. The van der Waals surface area contributed by atoms with Gasteiger partial charge in [0.15, 0.2) is 0 Å². The van der Waals surface area contributed by atoms with Crippen LogP contribution in [0.2, 0.25) is 0 Å². The van der Waals surface area contributed by atoms with E-state index in [-0.39, 0.29) is 24.8 Å². The summed E-state index contributed by atoms with van der Waals surface area (Å²) in [4.78, 5) is 24.1. The van der Waals surface area contributed by atoms with Crippen LogP contribution in [0.1, 0.15) is 13.3 Å². The van der Waals surface area contributed by atoms with Gasteiger partial charge in [-0.25, -0.2) is 0 Å². The van der Waals surface area contributed by atoms with Gasteiger partial charge in [0.05, 0.1) is 12.0 Å². The number of carboxylic acids is 1. The van der Waals surface area contributed by atoms with Gasteiger partial charge in [-0.05, 0) is 5.92 Å². The van der Waals surface area contributed by atoms with Gasteiger partial charge >= 0.3 is 5.97 Å². The SMILES string of the molecule is C#CCC(N)C(=O)N1C[C@@H](C)[C@H](C(=O)O)C1. The van der Waals surface area contributed by atoms with Crippen LogP contribution in [0.25, 0.3) is 0 Å². The third-order valence-corrected chi connectivity index (χ3v) is 2.90. The van der Waals surface area contributed by atoms with Crippen molar-refractivity contribution in [2.75, 3.05) is 13.1 Å². The second kappa shape index (κ2) is 4.99. The molecule has 1 fully saturated rings. The predicted molar refractivity (Wildman–Crippen MR) is 58.3 cm³/mol. The average Bonchev–Trinajstić information content (AvgIpc) is 2.59. The molecule has 3 atom stereocenters. The molecule has 1 rings (SSSR count). The summed E-state index contributed by atoms with van der Waals surface area (Å²) in [5, 5.41) is 8.92. The Morgan fingerprint density at radius 2 is 2.25 bits per heavy atom. The second-order valence-electron chi connectivity index (χ2n) is 4.18. The summed E-state index contributed by atoms with van der Waals surface area (Å²) < 4.78 is 0. The fourth-order valence-electron chi connectivity index (χ4n) is 1.92. The number of hydrogen-bond donors (Lipinski definition) is 2. The highest BCUT2D eigenvalue weighted by atomic mass is 16.4. The number of nitrogens with zero attached hydrogens (tertiary/aromatic N) is 1. The van der Waals surface area contributed by atoms with E-state index >= 15 is 0 Å². The number of likely N-dealkylation sites (tertiary alicyclic amines) is 1. The molecule has 1 amide bonds. The van der Waals surface area contributed by atoms with E-state index in [1.54, 1.807) is 0 Å². The summed E-state index contributed by atoms with van der Waals surface area (Å²) in [6, 6.07) is -0.718. The lowest BCUT2D eigenvalue weighted by molar-refractivity contribution is -0.142. The van der Waals surface area contributed by atoms with Crippen LogP contribution in [0, 0.1) is 24.2 Å². The Morgan fingerprint density at radius 3 is 2.69 bits per heavy atom. The van der Waals surface area contributed by atoms with Crippen LogP contribution >= 0.6 is 0 Å². The van der Waals surface area contributed by atoms with Crippen LogP contribution in [-0.2, 0) is 9.59 Å². The van der Waals surface area contributed by atoms with Crippen molar-refractivity contribution in [2.45, 2.75) is 19.4 Å². The number of carbonyl (C=O) groups excluding carboxylic acids is 1. The molecule has 1 heterocycles. The minimum Gasteiger partial charge on any atom is -0.481 e. The first-order valence-electron chi connectivity index (χ1n) is 5.18. The van der Waals surface area contributed by atoms with E-state index in [1.165, 1.54) is 4.90 Å². The Kier molecular flexibility index (Phi) is 3.91. The second-order valence-corrected chi connectivity index (χ2v) is 4.18. The van der Waals surface area contributed by atoms with Gasteiger partial charge in [0.1, 0.15) is 0 Å². The number of carboxylic acid groups (broad SMARTS) is 1. The maximum Gasteiger partial charge on any atom is 0.308 e. The van der Waals surface area contributed by atoms with Crippen molar-refractivity contribution in [1.82, 2.24) is 4.90 Å². The van der Waals surface area contributed by atoms with E-state index in [4.69, 9.17) is 17.3 Å². The molecule has 88 valence electrons. The standard InChI is InChI=1S/C11H16N2O3/c1-3-4-9(12)10(14)13-5-7(2)8(6-13)11(15)16/h1,7-9H,4-6,12H2,2H3,(H,15,16)/t7-,8-,9?/m1/s1. The smallest absolute Gasteiger partial charge is 0.308 e. The fourth-order valence-corrected chi connectivity index (χ4v) is 1.92. The molecule has 0 bridgehead atoms. The maximum absolute atomic E-state index is 11.8. The zero-order chi connectivity index (χ0) is 12.3. The van der Waals surface area contributed by atoms with Crippen molar-refractivity contribution >= 4 is 11.9 Å². The molecular weight excluding hydrogens is 208 g/mol. The molecule has 3 N–H and O–H groups in total. The Balaban J connectivity index is 2.62.